The van der Waals surface area contributed by atoms with E-state index in [9.17, 15) is 26.4 Å². The van der Waals surface area contributed by atoms with Crippen molar-refractivity contribution in [3.63, 3.8) is 0 Å². The Morgan fingerprint density at radius 3 is 2.24 bits per heavy atom. The maximum Gasteiger partial charge on any atom is 0.534 e. The predicted octanol–water partition coefficient (Wildman–Crippen LogP) is 3.21. The number of oxime groups is 1. The van der Waals surface area contributed by atoms with E-state index in [-0.39, 0.29) is 44.1 Å². The summed E-state index contributed by atoms with van der Waals surface area (Å²) in [7, 11) is -5.79. The molecule has 0 heterocycles. The maximum atomic E-state index is 12.6. The van der Waals surface area contributed by atoms with Crippen LogP contribution in [-0.4, -0.2) is 43.9 Å². The molecular weight excluding hydrogens is 501 g/mol. The van der Waals surface area contributed by atoms with Crippen LogP contribution < -0.4 is 9.92 Å². The van der Waals surface area contributed by atoms with Crippen molar-refractivity contribution in [2.24, 2.45) is 16.8 Å². The summed E-state index contributed by atoms with van der Waals surface area (Å²) in [4.78, 5) is 17.5. The molecule has 0 fully saturated rings. The van der Waals surface area contributed by atoms with Gasteiger partial charge in [0.15, 0.2) is 0 Å². The van der Waals surface area contributed by atoms with Gasteiger partial charge < -0.3 is 19.9 Å². The quantitative estimate of drug-likeness (QED) is 0.109. The van der Waals surface area contributed by atoms with Crippen molar-refractivity contribution in [2.45, 2.75) is 24.8 Å². The number of amidine groups is 1. The van der Waals surface area contributed by atoms with Gasteiger partial charge in [0, 0.05) is 23.8 Å². The first-order chi connectivity index (χ1) is 15.9. The van der Waals surface area contributed by atoms with Crippen LogP contribution in [0, 0.1) is 5.92 Å². The Hall–Kier alpha value is -2.83. The Balaban J connectivity index is 2.13. The van der Waals surface area contributed by atoms with Crippen molar-refractivity contribution in [1.29, 1.82) is 0 Å². The van der Waals surface area contributed by atoms with Crippen molar-refractivity contribution in [3.05, 3.63) is 64.7 Å². The first kappa shape index (κ1) is 27.4. The van der Waals surface area contributed by atoms with Crippen molar-refractivity contribution in [1.82, 2.24) is 0 Å². The van der Waals surface area contributed by atoms with Gasteiger partial charge in [-0.1, -0.05) is 41.0 Å². The van der Waals surface area contributed by atoms with E-state index in [0.717, 1.165) is 17.7 Å². The number of halogens is 4. The minimum absolute atomic E-state index is 0.0159. The molecule has 0 aliphatic heterocycles. The maximum absolute atomic E-state index is 12.6. The van der Waals surface area contributed by atoms with E-state index in [2.05, 4.69) is 9.34 Å². The molecule has 13 heteroatoms. The second-order valence-electron chi connectivity index (χ2n) is 7.15. The first-order valence-electron chi connectivity index (χ1n) is 9.83. The molecule has 0 aliphatic rings. The number of aliphatic hydroxyl groups excluding tert-OH is 1. The average Bonchev–Trinajstić information content (AvgIpc) is 2.75. The molecule has 0 unspecified atom stereocenters. The van der Waals surface area contributed by atoms with Gasteiger partial charge in [0.2, 0.25) is 0 Å². The fourth-order valence-electron chi connectivity index (χ4n) is 2.83. The minimum Gasteiger partial charge on any atom is -0.393 e. The number of aliphatic hydroxyl groups is 1. The van der Waals surface area contributed by atoms with Gasteiger partial charge in [0.1, 0.15) is 24.0 Å². The van der Waals surface area contributed by atoms with Crippen LogP contribution in [0.15, 0.2) is 53.7 Å². The van der Waals surface area contributed by atoms with Gasteiger partial charge in [0.25, 0.3) is 0 Å². The zero-order valence-corrected chi connectivity index (χ0v) is 19.2. The van der Waals surface area contributed by atoms with E-state index in [1.807, 2.05) is 0 Å². The largest absolute Gasteiger partial charge is 0.534 e. The Morgan fingerprint density at radius 2 is 1.68 bits per heavy atom. The van der Waals surface area contributed by atoms with Gasteiger partial charge in [-0.25, -0.2) is 0 Å². The SMILES string of the molecule is N/C(=N\OCCO)[C@@H](CC(=O)Cc1ccc(Cl)cc1)Cc1ccc(OS(=O)(=O)C(F)(F)F)cc1. The Labute approximate surface area is 199 Å². The number of carbonyl (C=O) groups is 1. The number of hydrogen-bond donors (Lipinski definition) is 2. The molecule has 186 valence electrons. The number of ketones is 1. The Bertz CT molecular complexity index is 1090. The van der Waals surface area contributed by atoms with Crippen LogP contribution in [0.3, 0.4) is 0 Å². The second kappa shape index (κ2) is 12.0. The lowest BCUT2D eigenvalue weighted by molar-refractivity contribution is -0.118. The fourth-order valence-corrected chi connectivity index (χ4v) is 3.42. The summed E-state index contributed by atoms with van der Waals surface area (Å²) in [5.74, 6) is -1.34. The van der Waals surface area contributed by atoms with E-state index < -0.39 is 27.3 Å². The molecule has 0 aliphatic carbocycles. The fraction of sp³-hybridized carbons (Fsp3) is 0.333. The summed E-state index contributed by atoms with van der Waals surface area (Å²) in [5.41, 5.74) is 1.69. The highest BCUT2D eigenvalue weighted by molar-refractivity contribution is 7.88. The highest BCUT2D eigenvalue weighted by Gasteiger charge is 2.48. The van der Waals surface area contributed by atoms with Gasteiger partial charge >= 0.3 is 15.6 Å². The van der Waals surface area contributed by atoms with Crippen molar-refractivity contribution in [2.75, 3.05) is 13.2 Å². The number of benzene rings is 2. The van der Waals surface area contributed by atoms with Crippen LogP contribution in [0.2, 0.25) is 5.02 Å². The normalized spacial score (nSPS) is 13.4. The van der Waals surface area contributed by atoms with Crippen LogP contribution in [0.4, 0.5) is 13.2 Å². The number of Topliss-reactive ketones (excluding diaryl/α,β-unsaturated/α-hetero) is 1. The highest BCUT2D eigenvalue weighted by atomic mass is 35.5. The molecular formula is C21H22ClF3N2O6S. The molecule has 2 aromatic carbocycles. The van der Waals surface area contributed by atoms with Gasteiger partial charge in [0.05, 0.1) is 6.61 Å². The van der Waals surface area contributed by atoms with E-state index in [1.54, 1.807) is 24.3 Å². The summed E-state index contributed by atoms with van der Waals surface area (Å²) in [6, 6.07) is 11.5. The highest BCUT2D eigenvalue weighted by Crippen LogP contribution is 2.27. The average molecular weight is 523 g/mol. The molecule has 0 radical (unpaired) electrons. The van der Waals surface area contributed by atoms with Gasteiger partial charge in [-0.05, 0) is 41.8 Å². The number of carbonyl (C=O) groups excluding carboxylic acids is 1. The third-order valence-corrected chi connectivity index (χ3v) is 5.69. The zero-order valence-electron chi connectivity index (χ0n) is 17.7. The number of nitrogens with zero attached hydrogens (tertiary/aromatic N) is 1. The van der Waals surface area contributed by atoms with Crippen molar-refractivity contribution >= 4 is 33.3 Å². The smallest absolute Gasteiger partial charge is 0.393 e. The van der Waals surface area contributed by atoms with Crippen LogP contribution in [0.25, 0.3) is 0 Å². The molecule has 0 saturated carbocycles. The van der Waals surface area contributed by atoms with E-state index >= 15 is 0 Å². The molecule has 8 nitrogen and oxygen atoms in total. The lowest BCUT2D eigenvalue weighted by Gasteiger charge is -2.16. The number of nitrogens with two attached hydrogens (primary N) is 1. The molecule has 0 amide bonds. The van der Waals surface area contributed by atoms with E-state index in [0.29, 0.717) is 10.6 Å². The molecule has 2 aromatic rings. The van der Waals surface area contributed by atoms with Crippen LogP contribution in [0.1, 0.15) is 17.5 Å². The number of rotatable bonds is 12. The topological polar surface area (TPSA) is 128 Å². The van der Waals surface area contributed by atoms with Gasteiger partial charge in [-0.2, -0.15) is 21.6 Å². The molecule has 0 aromatic heterocycles. The van der Waals surface area contributed by atoms with E-state index in [4.69, 9.17) is 27.3 Å². The molecule has 3 N–H and O–H groups in total. The van der Waals surface area contributed by atoms with E-state index in [1.165, 1.54) is 12.1 Å². The van der Waals surface area contributed by atoms with Gasteiger partial charge in [-0.3, -0.25) is 4.79 Å². The predicted molar refractivity (Wildman–Crippen MR) is 119 cm³/mol. The standard InChI is InChI=1S/C21H22ClF3N2O6S/c22-17-5-1-15(2-6-17)12-18(29)13-16(20(26)27-32-10-9-28)11-14-3-7-19(8-4-14)33-34(30,31)21(23,24)25/h1-8,16,28H,9-13H2,(H2,26,27)/t16-/m1/s1. The first-order valence-corrected chi connectivity index (χ1v) is 11.6. The van der Waals surface area contributed by atoms with Crippen molar-refractivity contribution < 1.29 is 40.5 Å². The Morgan fingerprint density at radius 1 is 1.09 bits per heavy atom. The second-order valence-corrected chi connectivity index (χ2v) is 9.12. The lowest BCUT2D eigenvalue weighted by atomic mass is 9.91. The summed E-state index contributed by atoms with van der Waals surface area (Å²) in [6.07, 6.45) is 0.234. The van der Waals surface area contributed by atoms with Crippen LogP contribution >= 0.6 is 11.6 Å². The molecule has 34 heavy (non-hydrogen) atoms. The Kier molecular flexibility index (Phi) is 9.71. The molecule has 0 bridgehead atoms. The molecule has 0 spiro atoms. The third kappa shape index (κ3) is 8.50. The number of hydrogen-bond acceptors (Lipinski definition) is 7. The summed E-state index contributed by atoms with van der Waals surface area (Å²) in [6.45, 7) is -0.398. The van der Waals surface area contributed by atoms with Crippen molar-refractivity contribution in [3.8, 4) is 5.75 Å². The monoisotopic (exact) mass is 522 g/mol. The zero-order chi connectivity index (χ0) is 25.4. The molecule has 0 saturated heterocycles. The summed E-state index contributed by atoms with van der Waals surface area (Å²) in [5, 5.41) is 13.1. The molecule has 2 rings (SSSR count). The van der Waals surface area contributed by atoms with Crippen LogP contribution in [0.5, 0.6) is 5.75 Å². The lowest BCUT2D eigenvalue weighted by Crippen LogP contribution is -2.29. The molecule has 1 atom stereocenters. The third-order valence-electron chi connectivity index (χ3n) is 4.45. The number of alkyl halides is 3. The minimum atomic E-state index is -5.79. The summed E-state index contributed by atoms with van der Waals surface area (Å²) >= 11 is 5.85. The van der Waals surface area contributed by atoms with Crippen LogP contribution in [-0.2, 0) is 32.6 Å². The van der Waals surface area contributed by atoms with Gasteiger partial charge in [-0.15, -0.1) is 0 Å². The summed E-state index contributed by atoms with van der Waals surface area (Å²) < 4.78 is 63.8.